The van der Waals surface area contributed by atoms with Gasteiger partial charge in [-0.1, -0.05) is 49.2 Å². The summed E-state index contributed by atoms with van der Waals surface area (Å²) in [6.45, 7) is 1.81. The van der Waals surface area contributed by atoms with Crippen molar-refractivity contribution in [2.45, 2.75) is 13.0 Å². The number of hydrogen-bond donors (Lipinski definition) is 2. The van der Waals surface area contributed by atoms with Crippen LogP contribution in [0, 0.1) is 0 Å². The van der Waals surface area contributed by atoms with Gasteiger partial charge in [-0.15, -0.1) is 5.10 Å². The number of aromatic amines is 1. The number of hydrogen-bond acceptors (Lipinski definition) is 3. The quantitative estimate of drug-likeness (QED) is 0.282. The van der Waals surface area contributed by atoms with Crippen LogP contribution in [0.3, 0.4) is 0 Å². The van der Waals surface area contributed by atoms with E-state index in [0.29, 0.717) is 5.69 Å². The third kappa shape index (κ3) is 3.77. The number of amides is 1. The van der Waals surface area contributed by atoms with Crippen molar-refractivity contribution in [2.24, 2.45) is 0 Å². The fraction of sp³-hybridized carbons (Fsp3) is 0.0870. The zero-order chi connectivity index (χ0) is 21.5. The van der Waals surface area contributed by atoms with Gasteiger partial charge in [-0.2, -0.15) is 0 Å². The van der Waals surface area contributed by atoms with Crippen LogP contribution in [0.25, 0.3) is 33.2 Å². The summed E-state index contributed by atoms with van der Waals surface area (Å²) in [4.78, 5) is 16.6. The number of rotatable bonds is 4. The topological polar surface area (TPSA) is 75.6 Å². The highest BCUT2D eigenvalue weighted by molar-refractivity contribution is 9.10. The molecular formula is C23H17Br2N5O. The lowest BCUT2D eigenvalue weighted by molar-refractivity contribution is -0.119. The predicted molar refractivity (Wildman–Crippen MR) is 130 cm³/mol. The van der Waals surface area contributed by atoms with Crippen molar-refractivity contribution in [3.63, 3.8) is 0 Å². The molecule has 0 radical (unpaired) electrons. The number of nitrogens with one attached hydrogen (secondary N) is 2. The van der Waals surface area contributed by atoms with Crippen LogP contribution >= 0.6 is 31.9 Å². The maximum absolute atomic E-state index is 13.1. The lowest BCUT2D eigenvalue weighted by Crippen LogP contribution is -2.24. The fourth-order valence-electron chi connectivity index (χ4n) is 3.62. The monoisotopic (exact) mass is 537 g/mol. The van der Waals surface area contributed by atoms with E-state index < -0.39 is 6.04 Å². The van der Waals surface area contributed by atoms with Gasteiger partial charge in [0.05, 0.1) is 11.2 Å². The van der Waals surface area contributed by atoms with Crippen molar-refractivity contribution < 1.29 is 4.79 Å². The van der Waals surface area contributed by atoms with E-state index in [2.05, 4.69) is 64.6 Å². The van der Waals surface area contributed by atoms with Crippen LogP contribution < -0.4 is 5.32 Å². The van der Waals surface area contributed by atoms with Crippen molar-refractivity contribution in [1.82, 2.24) is 20.0 Å². The van der Waals surface area contributed by atoms with Crippen LogP contribution in [0.5, 0.6) is 0 Å². The number of aromatic nitrogens is 4. The number of H-pyrrole nitrogens is 1. The SMILES string of the molecule is CC(C(=O)Nc1cc(Br)ccc1-c1cc2cc(Br)ccc2[nH]1)n1nnc2ccccc21. The second-order valence-electron chi connectivity index (χ2n) is 7.29. The number of carbonyl (C=O) groups is 1. The van der Waals surface area contributed by atoms with E-state index in [9.17, 15) is 4.79 Å². The molecule has 1 atom stereocenters. The molecule has 2 aromatic heterocycles. The van der Waals surface area contributed by atoms with Gasteiger partial charge in [-0.05, 0) is 61.5 Å². The summed E-state index contributed by atoms with van der Waals surface area (Å²) in [6.07, 6.45) is 0. The Kier molecular flexibility index (Phi) is 5.11. The first-order chi connectivity index (χ1) is 15.0. The van der Waals surface area contributed by atoms with E-state index in [1.165, 1.54) is 0 Å². The molecule has 31 heavy (non-hydrogen) atoms. The number of anilines is 1. The summed E-state index contributed by atoms with van der Waals surface area (Å²) in [5.41, 5.74) is 5.15. The second-order valence-corrected chi connectivity index (χ2v) is 9.12. The van der Waals surface area contributed by atoms with E-state index in [1.54, 1.807) is 4.68 Å². The molecule has 0 bridgehead atoms. The normalized spacial score (nSPS) is 12.4. The number of nitrogens with zero attached hydrogens (tertiary/aromatic N) is 3. The summed E-state index contributed by atoms with van der Waals surface area (Å²) < 4.78 is 3.54. The Hall–Kier alpha value is -2.97. The predicted octanol–water partition coefficient (Wildman–Crippen LogP) is 6.30. The molecule has 0 saturated heterocycles. The number of para-hydroxylation sites is 1. The Morgan fingerprint density at radius 1 is 1.03 bits per heavy atom. The van der Waals surface area contributed by atoms with Crippen molar-refractivity contribution in [1.29, 1.82) is 0 Å². The highest BCUT2D eigenvalue weighted by atomic mass is 79.9. The summed E-state index contributed by atoms with van der Waals surface area (Å²) in [7, 11) is 0. The minimum Gasteiger partial charge on any atom is -0.354 e. The minimum atomic E-state index is -0.530. The van der Waals surface area contributed by atoms with E-state index in [-0.39, 0.29) is 5.91 Å². The largest absolute Gasteiger partial charge is 0.354 e. The van der Waals surface area contributed by atoms with E-state index in [4.69, 9.17) is 0 Å². The van der Waals surface area contributed by atoms with Gasteiger partial charge < -0.3 is 10.3 Å². The molecule has 0 aliphatic heterocycles. The first kappa shape index (κ1) is 20.0. The van der Waals surface area contributed by atoms with Crippen LogP contribution in [0.1, 0.15) is 13.0 Å². The maximum Gasteiger partial charge on any atom is 0.249 e. The first-order valence-corrected chi connectivity index (χ1v) is 11.3. The molecule has 5 aromatic rings. The minimum absolute atomic E-state index is 0.172. The molecule has 6 nitrogen and oxygen atoms in total. The average molecular weight is 539 g/mol. The number of halogens is 2. The van der Waals surface area contributed by atoms with Gasteiger partial charge in [0.25, 0.3) is 0 Å². The van der Waals surface area contributed by atoms with Crippen molar-refractivity contribution in [3.05, 3.63) is 75.7 Å². The maximum atomic E-state index is 13.1. The van der Waals surface area contributed by atoms with Crippen molar-refractivity contribution in [3.8, 4) is 11.3 Å². The first-order valence-electron chi connectivity index (χ1n) is 9.68. The Morgan fingerprint density at radius 2 is 1.81 bits per heavy atom. The van der Waals surface area contributed by atoms with Gasteiger partial charge in [0.15, 0.2) is 0 Å². The van der Waals surface area contributed by atoms with Crippen molar-refractivity contribution in [2.75, 3.05) is 5.32 Å². The highest BCUT2D eigenvalue weighted by Gasteiger charge is 2.20. The van der Waals surface area contributed by atoms with Crippen LogP contribution in [-0.2, 0) is 4.79 Å². The molecule has 5 rings (SSSR count). The van der Waals surface area contributed by atoms with Gasteiger partial charge in [0.1, 0.15) is 11.6 Å². The van der Waals surface area contributed by atoms with Crippen molar-refractivity contribution >= 4 is 65.4 Å². The van der Waals surface area contributed by atoms with Crippen LogP contribution in [0.15, 0.2) is 75.7 Å². The number of benzene rings is 3. The molecule has 0 aliphatic rings. The smallest absolute Gasteiger partial charge is 0.249 e. The second kappa shape index (κ2) is 7.94. The van der Waals surface area contributed by atoms with Gasteiger partial charge in [-0.25, -0.2) is 4.68 Å². The molecule has 3 aromatic carbocycles. The Bertz CT molecular complexity index is 1440. The Labute approximate surface area is 194 Å². The average Bonchev–Trinajstić information content (AvgIpc) is 3.37. The molecule has 2 N–H and O–H groups in total. The van der Waals surface area contributed by atoms with E-state index in [1.807, 2.05) is 61.5 Å². The Morgan fingerprint density at radius 3 is 2.68 bits per heavy atom. The molecule has 8 heteroatoms. The Balaban J connectivity index is 1.50. The van der Waals surface area contributed by atoms with E-state index >= 15 is 0 Å². The summed E-state index contributed by atoms with van der Waals surface area (Å²) in [5, 5.41) is 12.5. The summed E-state index contributed by atoms with van der Waals surface area (Å²) in [6, 6.07) is 21.1. The van der Waals surface area contributed by atoms with Gasteiger partial charge in [-0.3, -0.25) is 4.79 Å². The lowest BCUT2D eigenvalue weighted by atomic mass is 10.1. The van der Waals surface area contributed by atoms with E-state index in [0.717, 1.165) is 42.1 Å². The number of fused-ring (bicyclic) bond motifs is 2. The van der Waals surface area contributed by atoms with Gasteiger partial charge >= 0.3 is 0 Å². The lowest BCUT2D eigenvalue weighted by Gasteiger charge is -2.15. The molecule has 154 valence electrons. The standard InChI is InChI=1S/C23H17Br2N5O/c1-13(30-22-5-3-2-4-19(22)28-29-30)23(31)27-21-12-16(25)6-8-17(21)20-11-14-10-15(24)7-9-18(14)26-20/h2-13,26H,1H3,(H,27,31). The third-order valence-electron chi connectivity index (χ3n) is 5.24. The van der Waals surface area contributed by atoms with Gasteiger partial charge in [0, 0.05) is 31.1 Å². The molecule has 0 spiro atoms. The van der Waals surface area contributed by atoms with Crippen LogP contribution in [0.4, 0.5) is 5.69 Å². The molecule has 0 aliphatic carbocycles. The zero-order valence-electron chi connectivity index (χ0n) is 16.4. The molecule has 0 saturated carbocycles. The highest BCUT2D eigenvalue weighted by Crippen LogP contribution is 2.33. The van der Waals surface area contributed by atoms with Crippen LogP contribution in [0.2, 0.25) is 0 Å². The summed E-state index contributed by atoms with van der Waals surface area (Å²) in [5.74, 6) is -0.172. The molecule has 1 unspecified atom stereocenters. The molecular weight excluding hydrogens is 522 g/mol. The number of carbonyl (C=O) groups excluding carboxylic acids is 1. The molecule has 0 fully saturated rings. The van der Waals surface area contributed by atoms with Crippen LogP contribution in [-0.4, -0.2) is 25.9 Å². The molecule has 2 heterocycles. The van der Waals surface area contributed by atoms with Gasteiger partial charge in [0.2, 0.25) is 5.91 Å². The summed E-state index contributed by atoms with van der Waals surface area (Å²) >= 11 is 7.03. The zero-order valence-corrected chi connectivity index (χ0v) is 19.6. The molecule has 1 amide bonds. The third-order valence-corrected chi connectivity index (χ3v) is 6.22. The fourth-order valence-corrected chi connectivity index (χ4v) is 4.36.